The predicted molar refractivity (Wildman–Crippen MR) is 151 cm³/mol. The molecule has 0 aliphatic carbocycles. The lowest BCUT2D eigenvalue weighted by molar-refractivity contribution is -0.138. The van der Waals surface area contributed by atoms with Crippen LogP contribution in [0.4, 0.5) is 0 Å². The fraction of sp³-hybridized carbons (Fsp3) is 0.148. The molecule has 9 heteroatoms. The minimum Gasteiger partial charge on any atom is -0.463 e. The van der Waals surface area contributed by atoms with Crippen LogP contribution in [0.5, 0.6) is 0 Å². The Hall–Kier alpha value is -2.72. The molecule has 5 nitrogen and oxygen atoms in total. The third-order valence-corrected chi connectivity index (χ3v) is 8.97. The van der Waals surface area contributed by atoms with E-state index in [1.54, 1.807) is 34.6 Å². The van der Waals surface area contributed by atoms with Crippen molar-refractivity contribution in [3.8, 4) is 0 Å². The van der Waals surface area contributed by atoms with E-state index < -0.39 is 12.0 Å². The number of benzene rings is 2. The largest absolute Gasteiger partial charge is 0.463 e. The Balaban J connectivity index is 1.82. The summed E-state index contributed by atoms with van der Waals surface area (Å²) >= 11 is 8.00. The van der Waals surface area contributed by atoms with E-state index in [0.717, 1.165) is 24.7 Å². The van der Waals surface area contributed by atoms with Gasteiger partial charge >= 0.3 is 5.97 Å². The lowest BCUT2D eigenvalue weighted by Crippen LogP contribution is -2.39. The third-order valence-electron chi connectivity index (χ3n) is 5.67. The van der Waals surface area contributed by atoms with Gasteiger partial charge in [-0.2, -0.15) is 0 Å². The zero-order valence-corrected chi connectivity index (χ0v) is 23.5. The number of thioether (sulfide) groups is 1. The van der Waals surface area contributed by atoms with E-state index >= 15 is 0 Å². The van der Waals surface area contributed by atoms with Crippen LogP contribution in [0.1, 0.15) is 29.0 Å². The minimum absolute atomic E-state index is 0.184. The van der Waals surface area contributed by atoms with Crippen molar-refractivity contribution in [3.05, 3.63) is 112 Å². The van der Waals surface area contributed by atoms with Gasteiger partial charge in [-0.25, -0.2) is 9.79 Å². The summed E-state index contributed by atoms with van der Waals surface area (Å²) in [7, 11) is 0. The molecule has 182 valence electrons. The molecule has 0 radical (unpaired) electrons. The molecule has 0 fully saturated rings. The lowest BCUT2D eigenvalue weighted by Gasteiger charge is -2.26. The summed E-state index contributed by atoms with van der Waals surface area (Å²) in [4.78, 5) is 34.7. The first kappa shape index (κ1) is 25.0. The van der Waals surface area contributed by atoms with Gasteiger partial charge in [0.15, 0.2) is 4.80 Å². The Kier molecular flexibility index (Phi) is 7.43. The number of ether oxygens (including phenoxy) is 1. The molecular formula is C27H21BrN2O3S3. The Labute approximate surface area is 228 Å². The molecule has 1 aliphatic rings. The number of esters is 1. The van der Waals surface area contributed by atoms with Gasteiger partial charge in [-0.1, -0.05) is 53.8 Å². The van der Waals surface area contributed by atoms with Gasteiger partial charge < -0.3 is 4.74 Å². The monoisotopic (exact) mass is 596 g/mol. The molecule has 0 bridgehead atoms. The topological polar surface area (TPSA) is 60.7 Å². The maximum atomic E-state index is 13.8. The number of nitrogens with zero attached hydrogens (tertiary/aromatic N) is 2. The van der Waals surface area contributed by atoms with Gasteiger partial charge in [0.25, 0.3) is 5.56 Å². The van der Waals surface area contributed by atoms with E-state index in [-0.39, 0.29) is 12.2 Å². The molecule has 0 saturated carbocycles. The second-order valence-corrected chi connectivity index (χ2v) is 12.2. The molecule has 0 N–H and O–H groups in total. The zero-order chi connectivity index (χ0) is 25.2. The van der Waals surface area contributed by atoms with Gasteiger partial charge in [0.1, 0.15) is 0 Å². The highest BCUT2D eigenvalue weighted by Crippen LogP contribution is 2.35. The first-order chi connectivity index (χ1) is 17.5. The minimum atomic E-state index is -0.663. The number of carbonyl (C=O) groups excluding carboxylic acids is 1. The zero-order valence-electron chi connectivity index (χ0n) is 19.4. The van der Waals surface area contributed by atoms with Gasteiger partial charge in [0.2, 0.25) is 0 Å². The van der Waals surface area contributed by atoms with Crippen LogP contribution in [0.15, 0.2) is 90.8 Å². The molecule has 0 amide bonds. The van der Waals surface area contributed by atoms with E-state index in [0.29, 0.717) is 20.6 Å². The number of aromatic nitrogens is 1. The molecule has 4 aromatic rings. The van der Waals surface area contributed by atoms with E-state index in [4.69, 9.17) is 9.73 Å². The Morgan fingerprint density at radius 1 is 1.11 bits per heavy atom. The van der Waals surface area contributed by atoms with Gasteiger partial charge in [-0.3, -0.25) is 9.36 Å². The fourth-order valence-corrected chi connectivity index (χ4v) is 6.92. The number of hydrogen-bond acceptors (Lipinski definition) is 7. The average molecular weight is 598 g/mol. The van der Waals surface area contributed by atoms with Crippen LogP contribution < -0.4 is 14.9 Å². The van der Waals surface area contributed by atoms with Gasteiger partial charge in [-0.15, -0.1) is 23.1 Å². The molecule has 0 unspecified atom stereocenters. The second kappa shape index (κ2) is 10.7. The van der Waals surface area contributed by atoms with E-state index in [9.17, 15) is 9.59 Å². The summed E-state index contributed by atoms with van der Waals surface area (Å²) < 4.78 is 8.69. The fourth-order valence-electron chi connectivity index (χ4n) is 4.08. The summed E-state index contributed by atoms with van der Waals surface area (Å²) in [5.74, 6) is -0.476. The van der Waals surface area contributed by atoms with Crippen molar-refractivity contribution < 1.29 is 9.53 Å². The van der Waals surface area contributed by atoms with E-state index in [2.05, 4.69) is 15.9 Å². The quantitative estimate of drug-likeness (QED) is 0.218. The van der Waals surface area contributed by atoms with Crippen LogP contribution in [0, 0.1) is 0 Å². The molecule has 2 aromatic carbocycles. The van der Waals surface area contributed by atoms with Gasteiger partial charge in [-0.05, 0) is 65.0 Å². The Morgan fingerprint density at radius 2 is 1.86 bits per heavy atom. The Morgan fingerprint density at radius 3 is 2.50 bits per heavy atom. The Bertz CT molecular complexity index is 1630. The van der Waals surface area contributed by atoms with Gasteiger partial charge in [0.05, 0.1) is 32.2 Å². The number of hydrogen-bond donors (Lipinski definition) is 0. The van der Waals surface area contributed by atoms with Crippen LogP contribution in [-0.4, -0.2) is 23.4 Å². The number of carbonyl (C=O) groups is 1. The maximum Gasteiger partial charge on any atom is 0.338 e. The van der Waals surface area contributed by atoms with Gasteiger partial charge in [0, 0.05) is 15.3 Å². The molecule has 2 aromatic heterocycles. The number of rotatable bonds is 6. The standard InChI is InChI=1S/C27H21BrN2O3S3/c1-3-33-26(32)22-23(16-7-5-4-6-8-16)29-27-30(24(22)17-9-11-18(34-2)12-10-17)25(31)20(36-27)15-19-13-14-21(28)35-19/h4-15,24H,3H2,1-2H3/b20-15+/t24-/m0/s1. The summed E-state index contributed by atoms with van der Waals surface area (Å²) in [5, 5.41) is 0. The molecule has 1 atom stereocenters. The summed E-state index contributed by atoms with van der Waals surface area (Å²) in [5.41, 5.74) is 2.32. The molecule has 1 aliphatic heterocycles. The first-order valence-corrected chi connectivity index (χ1v) is 14.8. The normalized spacial score (nSPS) is 15.5. The van der Waals surface area contributed by atoms with Crippen LogP contribution in [-0.2, 0) is 9.53 Å². The van der Waals surface area contributed by atoms with Crippen molar-refractivity contribution in [2.45, 2.75) is 17.9 Å². The average Bonchev–Trinajstić information content (AvgIpc) is 3.45. The van der Waals surface area contributed by atoms with E-state index in [1.165, 1.54) is 11.3 Å². The molecular weight excluding hydrogens is 576 g/mol. The summed E-state index contributed by atoms with van der Waals surface area (Å²) in [6.45, 7) is 2.00. The summed E-state index contributed by atoms with van der Waals surface area (Å²) in [6, 6.07) is 20.8. The van der Waals surface area contributed by atoms with Crippen molar-refractivity contribution in [2.75, 3.05) is 12.9 Å². The molecule has 36 heavy (non-hydrogen) atoms. The molecule has 3 heterocycles. The van der Waals surface area contributed by atoms with E-state index in [1.807, 2.05) is 79.1 Å². The number of thiazole rings is 1. The van der Waals surface area contributed by atoms with Crippen LogP contribution in [0.2, 0.25) is 0 Å². The first-order valence-electron chi connectivity index (χ1n) is 11.2. The smallest absolute Gasteiger partial charge is 0.338 e. The van der Waals surface area contributed by atoms with Crippen LogP contribution >= 0.6 is 50.4 Å². The van der Waals surface area contributed by atoms with Crippen molar-refractivity contribution in [1.29, 1.82) is 0 Å². The van der Waals surface area contributed by atoms with Crippen molar-refractivity contribution >= 4 is 68.1 Å². The molecule has 0 spiro atoms. The highest BCUT2D eigenvalue weighted by molar-refractivity contribution is 9.11. The maximum absolute atomic E-state index is 13.8. The van der Waals surface area contributed by atoms with Crippen molar-refractivity contribution in [2.24, 2.45) is 4.99 Å². The highest BCUT2D eigenvalue weighted by Gasteiger charge is 2.35. The van der Waals surface area contributed by atoms with Crippen molar-refractivity contribution in [3.63, 3.8) is 0 Å². The molecule has 5 rings (SSSR count). The van der Waals surface area contributed by atoms with Crippen molar-refractivity contribution in [1.82, 2.24) is 4.57 Å². The highest BCUT2D eigenvalue weighted by atomic mass is 79.9. The number of fused-ring (bicyclic) bond motifs is 1. The molecule has 0 saturated heterocycles. The second-order valence-electron chi connectivity index (χ2n) is 7.85. The lowest BCUT2D eigenvalue weighted by atomic mass is 9.93. The third kappa shape index (κ3) is 4.80. The summed E-state index contributed by atoms with van der Waals surface area (Å²) in [6.07, 6.45) is 3.89. The van der Waals surface area contributed by atoms with Crippen LogP contribution in [0.3, 0.4) is 0 Å². The van der Waals surface area contributed by atoms with Crippen LogP contribution in [0.25, 0.3) is 11.8 Å². The SMILES string of the molecule is CCOC(=O)C1=C(c2ccccc2)N=c2s/c(=C/c3ccc(Br)s3)c(=O)n2[C@H]1c1ccc(SC)cc1. The predicted octanol–water partition coefficient (Wildman–Crippen LogP) is 5.48. The number of thiophene rings is 1. The number of halogens is 1.